The first-order valence-electron chi connectivity index (χ1n) is 9.28. The van der Waals surface area contributed by atoms with Crippen LogP contribution in [0.1, 0.15) is 37.6 Å². The summed E-state index contributed by atoms with van der Waals surface area (Å²) in [7, 11) is -0.528. The van der Waals surface area contributed by atoms with Crippen molar-refractivity contribution in [2.45, 2.75) is 63.3 Å². The topological polar surface area (TPSA) is 74.2 Å². The minimum Gasteiger partial charge on any atom is -0.459 e. The second-order valence-electron chi connectivity index (χ2n) is 8.52. The smallest absolute Gasteiger partial charge is 0.338 e. The highest BCUT2D eigenvalue weighted by molar-refractivity contribution is 6.74. The number of methoxy groups -OCH3 is 1. The van der Waals surface area contributed by atoms with Crippen molar-refractivity contribution in [2.24, 2.45) is 0 Å². The first kappa shape index (κ1) is 22.0. The molecule has 0 bridgehead atoms. The quantitative estimate of drug-likeness (QED) is 0.563. The van der Waals surface area contributed by atoms with Crippen LogP contribution < -0.4 is 0 Å². The predicted octanol–water partition coefficient (Wildman–Crippen LogP) is 3.36. The molecule has 0 amide bonds. The first-order chi connectivity index (χ1) is 12.5. The number of benzene rings is 1. The number of carbonyl (C=O) groups is 1. The van der Waals surface area contributed by atoms with Gasteiger partial charge in [0, 0.05) is 13.5 Å². The lowest BCUT2D eigenvalue weighted by Gasteiger charge is -2.40. The SMILES string of the molecule is CO[C@@]1(CO[Si](C)(C)C(C)(C)C)O[C@H](COC(=O)c2ccccc2)C[C@@H]1O. The predicted molar refractivity (Wildman–Crippen MR) is 105 cm³/mol. The molecule has 6 nitrogen and oxygen atoms in total. The van der Waals surface area contributed by atoms with Crippen LogP contribution in [0.3, 0.4) is 0 Å². The van der Waals surface area contributed by atoms with Crippen molar-refractivity contribution < 1.29 is 28.5 Å². The Bertz CT molecular complexity index is 627. The van der Waals surface area contributed by atoms with Gasteiger partial charge in [-0.2, -0.15) is 0 Å². The zero-order valence-electron chi connectivity index (χ0n) is 17.2. The van der Waals surface area contributed by atoms with E-state index in [9.17, 15) is 9.90 Å². The molecule has 1 N–H and O–H groups in total. The molecule has 0 radical (unpaired) electrons. The molecule has 1 aromatic rings. The van der Waals surface area contributed by atoms with Crippen LogP contribution in [-0.2, 0) is 18.6 Å². The molecule has 0 saturated carbocycles. The van der Waals surface area contributed by atoms with Gasteiger partial charge in [0.2, 0.25) is 5.79 Å². The van der Waals surface area contributed by atoms with Crippen molar-refractivity contribution in [3.8, 4) is 0 Å². The Labute approximate surface area is 162 Å². The fourth-order valence-corrected chi connectivity index (χ4v) is 3.63. The van der Waals surface area contributed by atoms with Crippen LogP contribution in [0.25, 0.3) is 0 Å². The van der Waals surface area contributed by atoms with Gasteiger partial charge < -0.3 is 23.7 Å². The molecule has 1 aliphatic rings. The van der Waals surface area contributed by atoms with Crippen LogP contribution in [0, 0.1) is 0 Å². The van der Waals surface area contributed by atoms with E-state index in [0.29, 0.717) is 12.0 Å². The molecule has 2 rings (SSSR count). The average Bonchev–Trinajstić information content (AvgIpc) is 2.94. The van der Waals surface area contributed by atoms with Gasteiger partial charge in [-0.25, -0.2) is 4.79 Å². The van der Waals surface area contributed by atoms with Crippen molar-refractivity contribution in [1.82, 2.24) is 0 Å². The minimum atomic E-state index is -2.02. The van der Waals surface area contributed by atoms with E-state index < -0.39 is 32.3 Å². The van der Waals surface area contributed by atoms with Crippen molar-refractivity contribution in [3.63, 3.8) is 0 Å². The summed E-state index contributed by atoms with van der Waals surface area (Å²) in [4.78, 5) is 12.1. The average molecular weight is 397 g/mol. The molecule has 3 atom stereocenters. The van der Waals surface area contributed by atoms with E-state index in [2.05, 4.69) is 33.9 Å². The van der Waals surface area contributed by atoms with Gasteiger partial charge in [0.25, 0.3) is 0 Å². The second kappa shape index (κ2) is 8.41. The van der Waals surface area contributed by atoms with Gasteiger partial charge in [0.1, 0.15) is 12.7 Å². The number of aliphatic hydroxyl groups is 1. The second-order valence-corrected chi connectivity index (χ2v) is 13.3. The van der Waals surface area contributed by atoms with Gasteiger partial charge in [-0.15, -0.1) is 0 Å². The lowest BCUT2D eigenvalue weighted by molar-refractivity contribution is -0.260. The first-order valence-corrected chi connectivity index (χ1v) is 12.2. The largest absolute Gasteiger partial charge is 0.459 e. The Balaban J connectivity index is 1.95. The monoisotopic (exact) mass is 396 g/mol. The van der Waals surface area contributed by atoms with E-state index in [4.69, 9.17) is 18.6 Å². The maximum Gasteiger partial charge on any atom is 0.338 e. The number of aliphatic hydroxyl groups excluding tert-OH is 1. The third kappa shape index (κ3) is 5.17. The lowest BCUT2D eigenvalue weighted by Crippen LogP contribution is -2.51. The van der Waals surface area contributed by atoms with E-state index in [1.807, 2.05) is 6.07 Å². The third-order valence-corrected chi connectivity index (χ3v) is 10.0. The van der Waals surface area contributed by atoms with Crippen LogP contribution >= 0.6 is 0 Å². The summed E-state index contributed by atoms with van der Waals surface area (Å²) < 4.78 is 23.0. The summed E-state index contributed by atoms with van der Waals surface area (Å²) in [6.45, 7) is 10.9. The highest BCUT2D eigenvalue weighted by Gasteiger charge is 2.51. The summed E-state index contributed by atoms with van der Waals surface area (Å²) in [6.07, 6.45) is -0.986. The van der Waals surface area contributed by atoms with Crippen LogP contribution in [0.5, 0.6) is 0 Å². The molecule has 7 heteroatoms. The molecule has 1 saturated heterocycles. The number of hydrogen-bond donors (Lipinski definition) is 1. The third-order valence-electron chi connectivity index (χ3n) is 5.56. The van der Waals surface area contributed by atoms with Gasteiger partial charge in [0.05, 0.1) is 18.3 Å². The van der Waals surface area contributed by atoms with Gasteiger partial charge >= 0.3 is 5.97 Å². The van der Waals surface area contributed by atoms with Crippen LogP contribution in [-0.4, -0.2) is 57.7 Å². The van der Waals surface area contributed by atoms with E-state index in [0.717, 1.165) is 0 Å². The molecule has 1 aliphatic heterocycles. The van der Waals surface area contributed by atoms with Crippen LogP contribution in [0.4, 0.5) is 0 Å². The number of carbonyl (C=O) groups excluding carboxylic acids is 1. The highest BCUT2D eigenvalue weighted by atomic mass is 28.4. The molecular weight excluding hydrogens is 364 g/mol. The summed E-state index contributed by atoms with van der Waals surface area (Å²) in [5.41, 5.74) is 0.482. The van der Waals surface area contributed by atoms with Gasteiger partial charge in [-0.3, -0.25) is 0 Å². The molecule has 152 valence electrons. The molecule has 1 aromatic carbocycles. The molecule has 1 heterocycles. The van der Waals surface area contributed by atoms with Gasteiger partial charge in [0.15, 0.2) is 8.32 Å². The fourth-order valence-electron chi connectivity index (χ4n) is 2.64. The number of ether oxygens (including phenoxy) is 3. The van der Waals surface area contributed by atoms with Crippen molar-refractivity contribution in [3.05, 3.63) is 35.9 Å². The highest BCUT2D eigenvalue weighted by Crippen LogP contribution is 2.39. The van der Waals surface area contributed by atoms with Gasteiger partial charge in [-0.1, -0.05) is 39.0 Å². The fraction of sp³-hybridized carbons (Fsp3) is 0.650. The normalized spacial score (nSPS) is 26.2. The maximum atomic E-state index is 12.1. The number of rotatable bonds is 7. The van der Waals surface area contributed by atoms with Crippen molar-refractivity contribution in [2.75, 3.05) is 20.3 Å². The molecule has 0 aliphatic carbocycles. The summed E-state index contributed by atoms with van der Waals surface area (Å²) in [5, 5.41) is 10.6. The zero-order chi connectivity index (χ0) is 20.3. The Morgan fingerprint density at radius 1 is 1.30 bits per heavy atom. The Morgan fingerprint density at radius 2 is 1.93 bits per heavy atom. The molecule has 0 unspecified atom stereocenters. The molecule has 1 fully saturated rings. The summed E-state index contributed by atoms with van der Waals surface area (Å²) in [5.74, 6) is -1.65. The molecule has 27 heavy (non-hydrogen) atoms. The summed E-state index contributed by atoms with van der Waals surface area (Å²) >= 11 is 0. The lowest BCUT2D eigenvalue weighted by atomic mass is 10.1. The van der Waals surface area contributed by atoms with E-state index in [1.54, 1.807) is 24.3 Å². The van der Waals surface area contributed by atoms with Gasteiger partial charge in [-0.05, 0) is 30.3 Å². The Morgan fingerprint density at radius 3 is 2.48 bits per heavy atom. The summed E-state index contributed by atoms with van der Waals surface area (Å²) in [6, 6.07) is 8.78. The van der Waals surface area contributed by atoms with E-state index >= 15 is 0 Å². The molecular formula is C20H32O6Si. The van der Waals surface area contributed by atoms with Crippen molar-refractivity contribution >= 4 is 14.3 Å². The minimum absolute atomic E-state index is 0.0378. The van der Waals surface area contributed by atoms with Crippen LogP contribution in [0.15, 0.2) is 30.3 Å². The number of esters is 1. The van der Waals surface area contributed by atoms with E-state index in [1.165, 1.54) is 7.11 Å². The zero-order valence-corrected chi connectivity index (χ0v) is 18.2. The standard InChI is InChI=1S/C20H32O6Si/c1-19(2,3)27(5,6)25-14-20(23-4)17(21)12-16(26-20)13-24-18(22)15-10-8-7-9-11-15/h7-11,16-17,21H,12-14H2,1-6H3/t16-,17-,20-/m0/s1. The maximum absolute atomic E-state index is 12.1. The molecule has 0 spiro atoms. The number of hydrogen-bond acceptors (Lipinski definition) is 6. The Hall–Kier alpha value is -1.25. The Kier molecular flexibility index (Phi) is 6.86. The van der Waals surface area contributed by atoms with Crippen molar-refractivity contribution in [1.29, 1.82) is 0 Å². The van der Waals surface area contributed by atoms with Crippen LogP contribution in [0.2, 0.25) is 18.1 Å². The van der Waals surface area contributed by atoms with E-state index in [-0.39, 0.29) is 18.3 Å². The molecule has 0 aromatic heterocycles.